The van der Waals surface area contributed by atoms with Gasteiger partial charge in [0.15, 0.2) is 5.82 Å². The van der Waals surface area contributed by atoms with Gasteiger partial charge in [-0.2, -0.15) is 9.83 Å². The highest BCUT2D eigenvalue weighted by Crippen LogP contribution is 2.43. The summed E-state index contributed by atoms with van der Waals surface area (Å²) in [5.74, 6) is -0.785. The van der Waals surface area contributed by atoms with Gasteiger partial charge in [0.05, 0.1) is 17.2 Å². The fraction of sp³-hybridized carbons (Fsp3) is 0.0909. The summed E-state index contributed by atoms with van der Waals surface area (Å²) >= 11 is 0. The fourth-order valence-corrected chi connectivity index (χ4v) is 5.10. The molecule has 4 heteroatoms. The number of halogens is 1. The van der Waals surface area contributed by atoms with Gasteiger partial charge in [-0.05, 0) is 65.9 Å². The van der Waals surface area contributed by atoms with E-state index < -0.39 is 12.7 Å². The van der Waals surface area contributed by atoms with E-state index in [0.29, 0.717) is 28.0 Å². The van der Waals surface area contributed by atoms with E-state index >= 15 is 0 Å². The predicted octanol–water partition coefficient (Wildman–Crippen LogP) is 8.04. The van der Waals surface area contributed by atoms with Crippen LogP contribution in [0, 0.1) is 30.9 Å². The van der Waals surface area contributed by atoms with Crippen molar-refractivity contribution in [3.8, 4) is 39.6 Å². The number of furan rings is 1. The van der Waals surface area contributed by atoms with Crippen LogP contribution >= 0.6 is 0 Å². The van der Waals surface area contributed by atoms with Crippen molar-refractivity contribution in [2.75, 3.05) is 0 Å². The number of fused-ring (bicyclic) bond motifs is 3. The Kier molecular flexibility index (Phi) is 4.58. The highest BCUT2D eigenvalue weighted by atomic mass is 19.1. The van der Waals surface area contributed by atoms with E-state index in [1.165, 1.54) is 12.3 Å². The van der Waals surface area contributed by atoms with E-state index in [9.17, 15) is 9.65 Å². The molecule has 37 heavy (non-hydrogen) atoms. The van der Waals surface area contributed by atoms with Gasteiger partial charge in [0.25, 0.3) is 0 Å². The monoisotopic (exact) mass is 486 g/mol. The van der Waals surface area contributed by atoms with Crippen LogP contribution in [-0.2, 0) is 7.05 Å². The Balaban J connectivity index is 1.66. The van der Waals surface area contributed by atoms with Crippen LogP contribution in [0.25, 0.3) is 55.4 Å². The van der Waals surface area contributed by atoms with Crippen LogP contribution in [0.15, 0.2) is 95.5 Å². The average Bonchev–Trinajstić information content (AvgIpc) is 3.31. The molecule has 6 aromatic rings. The van der Waals surface area contributed by atoms with Crippen molar-refractivity contribution in [3.63, 3.8) is 0 Å². The maximum absolute atomic E-state index is 14.7. The predicted molar refractivity (Wildman–Crippen MR) is 145 cm³/mol. The van der Waals surface area contributed by atoms with Crippen LogP contribution in [0.3, 0.4) is 0 Å². The lowest BCUT2D eigenvalue weighted by molar-refractivity contribution is -0.661. The van der Waals surface area contributed by atoms with Gasteiger partial charge in [0.1, 0.15) is 18.2 Å². The maximum atomic E-state index is 14.7. The van der Waals surface area contributed by atoms with Gasteiger partial charge in [-0.15, -0.1) is 0 Å². The number of nitriles is 1. The standard InChI is InChI=1S/C33H24FN2O/c1-20-12-15-29-32(30(20)28-16-21(2)27(34)19-36(28)3)26-14-13-25(18-35)31(33(26)37-29)24-11-7-10-23(17-24)22-8-5-4-6-9-22/h4-17,19H,1-3H3/q+1/i2D3. The molecule has 2 heterocycles. The molecule has 0 amide bonds. The highest BCUT2D eigenvalue weighted by Gasteiger charge is 2.24. The van der Waals surface area contributed by atoms with Crippen LogP contribution in [-0.4, -0.2) is 0 Å². The summed E-state index contributed by atoms with van der Waals surface area (Å²) in [6.45, 7) is -0.675. The maximum Gasteiger partial charge on any atom is 0.213 e. The Bertz CT molecular complexity index is 1990. The van der Waals surface area contributed by atoms with Crippen molar-refractivity contribution in [2.24, 2.45) is 7.05 Å². The van der Waals surface area contributed by atoms with Gasteiger partial charge >= 0.3 is 0 Å². The molecule has 0 spiro atoms. The van der Waals surface area contributed by atoms with E-state index in [4.69, 9.17) is 8.53 Å². The highest BCUT2D eigenvalue weighted by molar-refractivity contribution is 6.16. The summed E-state index contributed by atoms with van der Waals surface area (Å²) in [7, 11) is 1.69. The third kappa shape index (κ3) is 3.68. The van der Waals surface area contributed by atoms with Crippen molar-refractivity contribution in [2.45, 2.75) is 13.8 Å². The number of pyridine rings is 1. The first-order valence-corrected chi connectivity index (χ1v) is 11.9. The molecule has 4 aromatic carbocycles. The fourth-order valence-electron chi connectivity index (χ4n) is 5.10. The normalized spacial score (nSPS) is 12.8. The first-order chi connectivity index (χ1) is 19.2. The Labute approximate surface area is 218 Å². The Morgan fingerprint density at radius 1 is 0.865 bits per heavy atom. The van der Waals surface area contributed by atoms with Gasteiger partial charge in [-0.25, -0.2) is 4.39 Å². The molecule has 0 unspecified atom stereocenters. The van der Waals surface area contributed by atoms with Crippen molar-refractivity contribution < 1.29 is 17.5 Å². The number of hydrogen-bond donors (Lipinski definition) is 0. The summed E-state index contributed by atoms with van der Waals surface area (Å²) in [6.07, 6.45) is 1.20. The molecule has 0 atom stereocenters. The second kappa shape index (κ2) is 8.72. The molecule has 178 valence electrons. The summed E-state index contributed by atoms with van der Waals surface area (Å²) < 4.78 is 46.3. The minimum absolute atomic E-state index is 0.338. The summed E-state index contributed by atoms with van der Waals surface area (Å²) in [5.41, 5.74) is 7.08. The Morgan fingerprint density at radius 2 is 1.65 bits per heavy atom. The molecule has 0 N–H and O–H groups in total. The zero-order valence-corrected chi connectivity index (χ0v) is 20.3. The lowest BCUT2D eigenvalue weighted by Gasteiger charge is -2.09. The third-order valence-electron chi connectivity index (χ3n) is 6.87. The largest absolute Gasteiger partial charge is 0.455 e. The summed E-state index contributed by atoms with van der Waals surface area (Å²) in [5, 5.41) is 11.6. The molecule has 3 nitrogen and oxygen atoms in total. The van der Waals surface area contributed by atoms with E-state index in [0.717, 1.165) is 38.6 Å². The van der Waals surface area contributed by atoms with Crippen molar-refractivity contribution in [1.82, 2.24) is 0 Å². The second-order valence-corrected chi connectivity index (χ2v) is 9.19. The molecule has 0 fully saturated rings. The van der Waals surface area contributed by atoms with Crippen molar-refractivity contribution in [3.05, 3.63) is 114 Å². The molecule has 0 bridgehead atoms. The molecular weight excluding hydrogens is 459 g/mol. The van der Waals surface area contributed by atoms with Crippen LogP contribution in [0.5, 0.6) is 0 Å². The minimum Gasteiger partial charge on any atom is -0.455 e. The SMILES string of the molecule is [2H]C([2H])([2H])c1cc(-c2c(C)ccc3oc4c(-c5cccc(-c6ccccc6)c5)c(C#N)ccc4c23)[n+](C)cc1F. The van der Waals surface area contributed by atoms with E-state index in [1.54, 1.807) is 17.7 Å². The molecule has 0 aliphatic heterocycles. The lowest BCUT2D eigenvalue weighted by Crippen LogP contribution is -2.32. The number of aryl methyl sites for hydroxylation is 3. The Morgan fingerprint density at radius 3 is 2.43 bits per heavy atom. The third-order valence-corrected chi connectivity index (χ3v) is 6.87. The van der Waals surface area contributed by atoms with Crippen LogP contribution in [0.2, 0.25) is 0 Å². The molecule has 0 saturated heterocycles. The van der Waals surface area contributed by atoms with Crippen LogP contribution in [0.4, 0.5) is 4.39 Å². The van der Waals surface area contributed by atoms with Gasteiger partial charge in [0.2, 0.25) is 11.9 Å². The molecule has 0 aliphatic rings. The summed E-state index contributed by atoms with van der Waals surface area (Å²) in [4.78, 5) is 0. The molecule has 6 rings (SSSR count). The van der Waals surface area contributed by atoms with Crippen LogP contribution in [0.1, 0.15) is 20.8 Å². The second-order valence-electron chi connectivity index (χ2n) is 9.19. The molecule has 2 aromatic heterocycles. The molecular formula is C33H24FN2O+. The number of nitrogens with zero attached hydrogens (tertiary/aromatic N) is 2. The lowest BCUT2D eigenvalue weighted by atomic mass is 9.92. The number of benzene rings is 4. The van der Waals surface area contributed by atoms with E-state index in [-0.39, 0.29) is 5.56 Å². The van der Waals surface area contributed by atoms with Crippen LogP contribution < -0.4 is 4.57 Å². The molecule has 0 saturated carbocycles. The quantitative estimate of drug-likeness (QED) is 0.238. The smallest absolute Gasteiger partial charge is 0.213 e. The van der Waals surface area contributed by atoms with Gasteiger partial charge < -0.3 is 4.42 Å². The molecule has 0 aliphatic carbocycles. The van der Waals surface area contributed by atoms with Gasteiger partial charge in [-0.3, -0.25) is 0 Å². The minimum atomic E-state index is -2.61. The average molecular weight is 487 g/mol. The zero-order chi connectivity index (χ0) is 28.2. The number of hydrogen-bond acceptors (Lipinski definition) is 2. The van der Waals surface area contributed by atoms with E-state index in [1.807, 2.05) is 79.7 Å². The van der Waals surface area contributed by atoms with Gasteiger partial charge in [0, 0.05) is 26.5 Å². The first kappa shape index (κ1) is 19.4. The van der Waals surface area contributed by atoms with Gasteiger partial charge in [-0.1, -0.05) is 54.6 Å². The van der Waals surface area contributed by atoms with Crippen molar-refractivity contribution >= 4 is 21.9 Å². The number of aromatic nitrogens is 1. The van der Waals surface area contributed by atoms with E-state index in [2.05, 4.69) is 6.07 Å². The molecule has 0 radical (unpaired) electrons. The van der Waals surface area contributed by atoms with Crippen molar-refractivity contribution in [1.29, 1.82) is 5.26 Å². The zero-order valence-electron chi connectivity index (χ0n) is 23.3. The first-order valence-electron chi connectivity index (χ1n) is 13.4. The topological polar surface area (TPSA) is 40.8 Å². The Hall–Kier alpha value is -4.75. The summed E-state index contributed by atoms with van der Waals surface area (Å²) in [6, 6.07) is 29.2. The number of rotatable bonds is 3.